The molecule has 3 rings (SSSR count). The minimum Gasteiger partial charge on any atom is -0.497 e. The van der Waals surface area contributed by atoms with E-state index in [1.54, 1.807) is 25.3 Å². The molecule has 0 atom stereocenters. The predicted octanol–water partition coefficient (Wildman–Crippen LogP) is 2.99. The van der Waals surface area contributed by atoms with Crippen molar-refractivity contribution in [2.75, 3.05) is 14.2 Å². The van der Waals surface area contributed by atoms with E-state index in [4.69, 9.17) is 9.47 Å². The number of carbonyl (C=O) groups is 1. The van der Waals surface area contributed by atoms with E-state index in [2.05, 4.69) is 4.98 Å². The van der Waals surface area contributed by atoms with E-state index in [9.17, 15) is 9.59 Å². The first kappa shape index (κ1) is 14.8. The van der Waals surface area contributed by atoms with Crippen molar-refractivity contribution in [2.24, 2.45) is 0 Å². The van der Waals surface area contributed by atoms with Crippen LogP contribution in [0.4, 0.5) is 0 Å². The lowest BCUT2D eigenvalue weighted by molar-refractivity contribution is 0.0600. The van der Waals surface area contributed by atoms with E-state index in [-0.39, 0.29) is 11.0 Å². The molecular weight excluding hydrogens is 294 g/mol. The van der Waals surface area contributed by atoms with Gasteiger partial charge in [-0.25, -0.2) is 4.79 Å². The second-order valence-electron chi connectivity index (χ2n) is 4.97. The van der Waals surface area contributed by atoms with E-state index in [1.807, 2.05) is 30.3 Å². The van der Waals surface area contributed by atoms with Crippen LogP contribution in [0.5, 0.6) is 5.75 Å². The molecule has 0 spiro atoms. The predicted molar refractivity (Wildman–Crippen MR) is 87.9 cm³/mol. The Balaban J connectivity index is 2.40. The largest absolute Gasteiger partial charge is 0.497 e. The Labute approximate surface area is 132 Å². The van der Waals surface area contributed by atoms with E-state index in [0.29, 0.717) is 22.3 Å². The zero-order chi connectivity index (χ0) is 16.4. The average Bonchev–Trinajstić information content (AvgIpc) is 2.61. The average molecular weight is 309 g/mol. The number of ether oxygens (including phenoxy) is 2. The number of hydrogen-bond acceptors (Lipinski definition) is 4. The van der Waals surface area contributed by atoms with E-state index in [1.165, 1.54) is 7.11 Å². The molecule has 1 N–H and O–H groups in total. The van der Waals surface area contributed by atoms with Gasteiger partial charge in [-0.3, -0.25) is 4.79 Å². The Morgan fingerprint density at radius 1 is 1.04 bits per heavy atom. The summed E-state index contributed by atoms with van der Waals surface area (Å²) in [6.45, 7) is 0. The van der Waals surface area contributed by atoms with Crippen LogP contribution >= 0.6 is 0 Å². The number of methoxy groups -OCH3 is 2. The van der Waals surface area contributed by atoms with Crippen molar-refractivity contribution < 1.29 is 14.3 Å². The van der Waals surface area contributed by atoms with E-state index in [0.717, 1.165) is 5.56 Å². The smallest absolute Gasteiger partial charge is 0.344 e. The fourth-order valence-corrected chi connectivity index (χ4v) is 2.52. The molecule has 0 aliphatic rings. The maximum atomic E-state index is 12.8. The lowest BCUT2D eigenvalue weighted by Crippen LogP contribution is -2.19. The number of hydrogen-bond donors (Lipinski definition) is 1. The van der Waals surface area contributed by atoms with Crippen LogP contribution in [0.1, 0.15) is 10.4 Å². The maximum Gasteiger partial charge on any atom is 0.344 e. The van der Waals surface area contributed by atoms with Gasteiger partial charge in [0, 0.05) is 11.5 Å². The Bertz CT molecular complexity index is 929. The second-order valence-corrected chi connectivity index (χ2v) is 4.97. The summed E-state index contributed by atoms with van der Waals surface area (Å²) in [7, 11) is 2.81. The van der Waals surface area contributed by atoms with Crippen LogP contribution in [0.15, 0.2) is 53.3 Å². The third-order valence-electron chi connectivity index (χ3n) is 3.66. The van der Waals surface area contributed by atoms with Gasteiger partial charge in [-0.1, -0.05) is 30.3 Å². The van der Waals surface area contributed by atoms with Crippen molar-refractivity contribution in [1.82, 2.24) is 4.98 Å². The standard InChI is InChI=1S/C18H15NO4/c1-22-12-8-9-13-14(10-12)19-16(11-6-4-3-5-7-11)15(17(13)20)18(21)23-2/h3-10H,1-2H3,(H,19,20). The first-order chi connectivity index (χ1) is 11.2. The molecule has 0 aliphatic heterocycles. The van der Waals surface area contributed by atoms with Gasteiger partial charge < -0.3 is 14.5 Å². The summed E-state index contributed by atoms with van der Waals surface area (Å²) in [6.07, 6.45) is 0. The number of H-pyrrole nitrogens is 1. The van der Waals surface area contributed by atoms with Crippen molar-refractivity contribution >= 4 is 16.9 Å². The number of benzene rings is 2. The Kier molecular flexibility index (Phi) is 3.85. The number of carbonyl (C=O) groups excluding carboxylic acids is 1. The molecule has 116 valence electrons. The molecule has 23 heavy (non-hydrogen) atoms. The first-order valence-electron chi connectivity index (χ1n) is 7.03. The first-order valence-corrected chi connectivity index (χ1v) is 7.03. The van der Waals surface area contributed by atoms with Crippen molar-refractivity contribution in [3.8, 4) is 17.0 Å². The Hall–Kier alpha value is -3.08. The number of pyridine rings is 1. The number of fused-ring (bicyclic) bond motifs is 1. The minimum atomic E-state index is -0.664. The van der Waals surface area contributed by atoms with Crippen LogP contribution in [0.3, 0.4) is 0 Å². The van der Waals surface area contributed by atoms with Crippen molar-refractivity contribution in [3.05, 3.63) is 64.3 Å². The van der Waals surface area contributed by atoms with Crippen molar-refractivity contribution in [3.63, 3.8) is 0 Å². The molecule has 5 nitrogen and oxygen atoms in total. The Morgan fingerprint density at radius 3 is 2.43 bits per heavy atom. The highest BCUT2D eigenvalue weighted by Crippen LogP contribution is 2.25. The number of aromatic amines is 1. The van der Waals surface area contributed by atoms with Gasteiger partial charge in [0.1, 0.15) is 11.3 Å². The molecule has 0 saturated carbocycles. The molecule has 0 fully saturated rings. The summed E-state index contributed by atoms with van der Waals surface area (Å²) < 4.78 is 9.98. The lowest BCUT2D eigenvalue weighted by atomic mass is 10.0. The third kappa shape index (κ3) is 2.57. The van der Waals surface area contributed by atoms with Gasteiger partial charge in [-0.05, 0) is 17.7 Å². The van der Waals surface area contributed by atoms with Crippen LogP contribution < -0.4 is 10.2 Å². The monoisotopic (exact) mass is 309 g/mol. The van der Waals surface area contributed by atoms with Gasteiger partial charge in [-0.2, -0.15) is 0 Å². The number of nitrogens with one attached hydrogen (secondary N) is 1. The highest BCUT2D eigenvalue weighted by atomic mass is 16.5. The summed E-state index contributed by atoms with van der Waals surface area (Å²) in [5.41, 5.74) is 1.39. The van der Waals surface area contributed by atoms with E-state index >= 15 is 0 Å². The van der Waals surface area contributed by atoms with Gasteiger partial charge in [-0.15, -0.1) is 0 Å². The van der Waals surface area contributed by atoms with Gasteiger partial charge in [0.25, 0.3) is 0 Å². The summed E-state index contributed by atoms with van der Waals surface area (Å²) in [5.74, 6) is -0.0409. The molecular formula is C18H15NO4. The molecule has 1 aromatic heterocycles. The summed E-state index contributed by atoms with van der Waals surface area (Å²) in [6, 6.07) is 14.2. The fourth-order valence-electron chi connectivity index (χ4n) is 2.52. The van der Waals surface area contributed by atoms with Crippen LogP contribution in [-0.2, 0) is 4.74 Å². The molecule has 0 amide bonds. The summed E-state index contributed by atoms with van der Waals surface area (Å²) >= 11 is 0. The molecule has 5 heteroatoms. The highest BCUT2D eigenvalue weighted by Gasteiger charge is 2.20. The quantitative estimate of drug-likeness (QED) is 0.755. The van der Waals surface area contributed by atoms with Gasteiger partial charge in [0.2, 0.25) is 5.43 Å². The molecule has 3 aromatic rings. The van der Waals surface area contributed by atoms with Crippen LogP contribution in [0, 0.1) is 0 Å². The number of rotatable bonds is 3. The minimum absolute atomic E-state index is 0.00336. The summed E-state index contributed by atoms with van der Waals surface area (Å²) in [4.78, 5) is 28.1. The molecule has 0 unspecified atom stereocenters. The van der Waals surface area contributed by atoms with Crippen molar-refractivity contribution in [2.45, 2.75) is 0 Å². The van der Waals surface area contributed by atoms with Crippen LogP contribution in [0.25, 0.3) is 22.2 Å². The number of esters is 1. The van der Waals surface area contributed by atoms with Crippen molar-refractivity contribution in [1.29, 1.82) is 0 Å². The Morgan fingerprint density at radius 2 is 1.78 bits per heavy atom. The maximum absolute atomic E-state index is 12.8. The molecule has 0 bridgehead atoms. The topological polar surface area (TPSA) is 68.4 Å². The van der Waals surface area contributed by atoms with Crippen LogP contribution in [0.2, 0.25) is 0 Å². The third-order valence-corrected chi connectivity index (χ3v) is 3.66. The molecule has 0 radical (unpaired) electrons. The zero-order valence-corrected chi connectivity index (χ0v) is 12.8. The molecule has 0 saturated heterocycles. The fraction of sp³-hybridized carbons (Fsp3) is 0.111. The SMILES string of the molecule is COC(=O)c1c(-c2ccccc2)[nH]c2cc(OC)ccc2c1=O. The zero-order valence-electron chi connectivity index (χ0n) is 12.8. The van der Waals surface area contributed by atoms with Crippen LogP contribution in [-0.4, -0.2) is 25.2 Å². The van der Waals surface area contributed by atoms with Gasteiger partial charge in [0.15, 0.2) is 0 Å². The second kappa shape index (κ2) is 5.96. The summed E-state index contributed by atoms with van der Waals surface area (Å²) in [5, 5.41) is 0.408. The number of aromatic nitrogens is 1. The van der Waals surface area contributed by atoms with Gasteiger partial charge >= 0.3 is 5.97 Å². The highest BCUT2D eigenvalue weighted by molar-refractivity contribution is 6.00. The lowest BCUT2D eigenvalue weighted by Gasteiger charge is -2.11. The molecule has 2 aromatic carbocycles. The van der Waals surface area contributed by atoms with E-state index < -0.39 is 5.97 Å². The normalized spacial score (nSPS) is 10.5. The molecule has 1 heterocycles. The molecule has 0 aliphatic carbocycles. The van der Waals surface area contributed by atoms with Gasteiger partial charge in [0.05, 0.1) is 25.4 Å².